The lowest BCUT2D eigenvalue weighted by molar-refractivity contribution is -0.154. The normalized spacial score (nSPS) is 27.5. The maximum atomic E-state index is 13.1. The lowest BCUT2D eigenvalue weighted by Gasteiger charge is -2.37. The molecule has 28 heavy (non-hydrogen) atoms. The van der Waals surface area contributed by atoms with Gasteiger partial charge in [-0.3, -0.25) is 9.59 Å². The number of carbonyl (C=O) groups excluding carboxylic acids is 2. The van der Waals surface area contributed by atoms with E-state index in [2.05, 4.69) is 14.6 Å². The molecule has 1 N–H and O–H groups in total. The third-order valence-electron chi connectivity index (χ3n) is 5.56. The molecule has 4 atom stereocenters. The van der Waals surface area contributed by atoms with Gasteiger partial charge < -0.3 is 9.84 Å². The van der Waals surface area contributed by atoms with Crippen LogP contribution in [0.1, 0.15) is 46.0 Å². The predicted molar refractivity (Wildman–Crippen MR) is 101 cm³/mol. The van der Waals surface area contributed by atoms with Gasteiger partial charge in [0.05, 0.1) is 12.5 Å². The monoisotopic (exact) mass is 409 g/mol. The molecule has 0 aromatic carbocycles. The number of carbonyl (C=O) groups is 2. The number of azo groups is 1. The number of aliphatic hydroxyl groups is 1. The number of Topliss-reactive ketones (excluding diaryl/α,β-unsaturated/α-hetero) is 1. The Morgan fingerprint density at radius 1 is 1.36 bits per heavy atom. The van der Waals surface area contributed by atoms with Crippen molar-refractivity contribution in [3.05, 3.63) is 22.7 Å². The number of halogens is 1. The van der Waals surface area contributed by atoms with Crippen molar-refractivity contribution in [1.29, 1.82) is 0 Å². The van der Waals surface area contributed by atoms with Gasteiger partial charge in [0, 0.05) is 17.9 Å². The standard InChI is InChI=1S/C19H24FN3O4S/c1-3-5-8-27-19(26)11-7-6-10(4-2)14-15(11)18(25)16(17(14)24)22-21-13-9-12(20)28-23-13/h9-11,14-15,25H,3-8H2,1-2H3. The molecule has 2 aliphatic rings. The molecule has 152 valence electrons. The summed E-state index contributed by atoms with van der Waals surface area (Å²) in [6.07, 6.45) is 3.72. The van der Waals surface area contributed by atoms with Gasteiger partial charge in [-0.15, -0.1) is 10.2 Å². The molecule has 1 heterocycles. The summed E-state index contributed by atoms with van der Waals surface area (Å²) in [7, 11) is 0. The van der Waals surface area contributed by atoms with Gasteiger partial charge >= 0.3 is 5.97 Å². The smallest absolute Gasteiger partial charge is 0.309 e. The molecule has 0 radical (unpaired) electrons. The minimum absolute atomic E-state index is 0.0352. The number of rotatable bonds is 7. The summed E-state index contributed by atoms with van der Waals surface area (Å²) in [5.41, 5.74) is -0.157. The minimum Gasteiger partial charge on any atom is -0.510 e. The quantitative estimate of drug-likeness (QED) is 0.398. The van der Waals surface area contributed by atoms with Crippen molar-refractivity contribution in [3.8, 4) is 0 Å². The molecule has 0 amide bonds. The second-order valence-electron chi connectivity index (χ2n) is 7.21. The highest BCUT2D eigenvalue weighted by Gasteiger charge is 2.54. The Labute approximate surface area is 166 Å². The Morgan fingerprint density at radius 3 is 2.79 bits per heavy atom. The summed E-state index contributed by atoms with van der Waals surface area (Å²) in [6.45, 7) is 4.33. The fourth-order valence-corrected chi connectivity index (χ4v) is 4.54. The number of esters is 1. The highest BCUT2D eigenvalue weighted by molar-refractivity contribution is 7.04. The first-order chi connectivity index (χ1) is 13.5. The van der Waals surface area contributed by atoms with E-state index in [0.29, 0.717) is 31.0 Å². The Bertz CT molecular complexity index is 807. The van der Waals surface area contributed by atoms with Crippen LogP contribution < -0.4 is 0 Å². The van der Waals surface area contributed by atoms with Crippen molar-refractivity contribution in [2.24, 2.45) is 33.9 Å². The van der Waals surface area contributed by atoms with Crippen molar-refractivity contribution >= 4 is 29.1 Å². The molecule has 1 saturated carbocycles. The second-order valence-corrected chi connectivity index (χ2v) is 7.97. The van der Waals surface area contributed by atoms with Crippen molar-refractivity contribution in [2.75, 3.05) is 6.61 Å². The number of unbranched alkanes of at least 4 members (excludes halogenated alkanes) is 1. The van der Waals surface area contributed by atoms with Crippen molar-refractivity contribution < 1.29 is 23.8 Å². The van der Waals surface area contributed by atoms with Crippen molar-refractivity contribution in [1.82, 2.24) is 4.37 Å². The molecule has 7 nitrogen and oxygen atoms in total. The molecular formula is C19H24FN3O4S. The van der Waals surface area contributed by atoms with E-state index in [1.165, 1.54) is 0 Å². The van der Waals surface area contributed by atoms with Crippen LogP contribution >= 0.6 is 11.5 Å². The van der Waals surface area contributed by atoms with Gasteiger partial charge in [-0.2, -0.15) is 8.76 Å². The number of nitrogens with zero attached hydrogens (tertiary/aromatic N) is 3. The summed E-state index contributed by atoms with van der Waals surface area (Å²) in [5.74, 6) is -2.54. The minimum atomic E-state index is -0.638. The van der Waals surface area contributed by atoms with Gasteiger partial charge in [-0.1, -0.05) is 26.7 Å². The van der Waals surface area contributed by atoms with E-state index in [4.69, 9.17) is 4.74 Å². The number of allylic oxidation sites excluding steroid dienone is 2. The largest absolute Gasteiger partial charge is 0.510 e. The number of aromatic nitrogens is 1. The molecule has 9 heteroatoms. The molecule has 0 bridgehead atoms. The van der Waals surface area contributed by atoms with E-state index in [0.717, 1.165) is 25.3 Å². The van der Waals surface area contributed by atoms with E-state index >= 15 is 0 Å². The van der Waals surface area contributed by atoms with Gasteiger partial charge in [0.1, 0.15) is 5.76 Å². The van der Waals surface area contributed by atoms with Crippen molar-refractivity contribution in [3.63, 3.8) is 0 Å². The highest BCUT2D eigenvalue weighted by Crippen LogP contribution is 2.50. The van der Waals surface area contributed by atoms with Gasteiger partial charge in [-0.05, 0) is 36.7 Å². The molecule has 1 aromatic rings. The summed E-state index contributed by atoms with van der Waals surface area (Å²) in [5, 5.41) is 17.9. The van der Waals surface area contributed by atoms with Crippen LogP contribution in [-0.2, 0) is 14.3 Å². The van der Waals surface area contributed by atoms with Gasteiger partial charge in [0.2, 0.25) is 0 Å². The van der Waals surface area contributed by atoms with E-state index in [9.17, 15) is 19.1 Å². The van der Waals surface area contributed by atoms with Gasteiger partial charge in [0.25, 0.3) is 0 Å². The first kappa shape index (κ1) is 20.6. The zero-order valence-corrected chi connectivity index (χ0v) is 16.7. The van der Waals surface area contributed by atoms with E-state index in [1.807, 2.05) is 13.8 Å². The third-order valence-corrected chi connectivity index (χ3v) is 6.13. The molecule has 3 rings (SSSR count). The van der Waals surface area contributed by atoms with Crippen LogP contribution in [0, 0.1) is 28.8 Å². The molecule has 0 spiro atoms. The number of fused-ring (bicyclic) bond motifs is 1. The summed E-state index contributed by atoms with van der Waals surface area (Å²) in [6, 6.07) is 1.10. The molecular weight excluding hydrogens is 385 g/mol. The molecule has 1 aromatic heterocycles. The van der Waals surface area contributed by atoms with Crippen LogP contribution in [0.3, 0.4) is 0 Å². The van der Waals surface area contributed by atoms with Crippen LogP contribution in [0.25, 0.3) is 0 Å². The van der Waals surface area contributed by atoms with Crippen molar-refractivity contribution in [2.45, 2.75) is 46.0 Å². The second kappa shape index (κ2) is 8.89. The number of hydrogen-bond acceptors (Lipinski definition) is 8. The summed E-state index contributed by atoms with van der Waals surface area (Å²) >= 11 is 0.631. The first-order valence-corrected chi connectivity index (χ1v) is 10.4. The maximum Gasteiger partial charge on any atom is 0.309 e. The average molecular weight is 409 g/mol. The van der Waals surface area contributed by atoms with Gasteiger partial charge in [-0.25, -0.2) is 0 Å². The van der Waals surface area contributed by atoms with Crippen LogP contribution in [0.4, 0.5) is 10.2 Å². The number of ether oxygens (including phenoxy) is 1. The SMILES string of the molecule is CCCCOC(=O)C1CCC(CC)C2C(=O)C(N=Nc3cc(F)sn3)=C(O)C12. The zero-order chi connectivity index (χ0) is 20.3. The molecule has 2 aliphatic carbocycles. The fourth-order valence-electron chi connectivity index (χ4n) is 4.12. The maximum absolute atomic E-state index is 13.1. The average Bonchev–Trinajstić information content (AvgIpc) is 3.21. The van der Waals surface area contributed by atoms with E-state index in [1.54, 1.807) is 0 Å². The Morgan fingerprint density at radius 2 is 2.14 bits per heavy atom. The van der Waals surface area contributed by atoms with Crippen LogP contribution in [0.2, 0.25) is 0 Å². The lowest BCUT2D eigenvalue weighted by Crippen LogP contribution is -2.40. The fraction of sp³-hybridized carbons (Fsp3) is 0.632. The molecule has 0 aliphatic heterocycles. The van der Waals surface area contributed by atoms with Crippen LogP contribution in [-0.4, -0.2) is 27.8 Å². The number of aliphatic hydroxyl groups excluding tert-OH is 1. The van der Waals surface area contributed by atoms with Gasteiger partial charge in [0.15, 0.2) is 22.4 Å². The first-order valence-electron chi connectivity index (χ1n) is 9.65. The van der Waals surface area contributed by atoms with E-state index in [-0.39, 0.29) is 34.9 Å². The number of ketones is 1. The highest BCUT2D eigenvalue weighted by atomic mass is 32.1. The summed E-state index contributed by atoms with van der Waals surface area (Å²) in [4.78, 5) is 25.5. The Hall–Kier alpha value is -2.16. The molecule has 0 saturated heterocycles. The lowest BCUT2D eigenvalue weighted by atomic mass is 9.66. The number of hydrogen-bond donors (Lipinski definition) is 1. The summed E-state index contributed by atoms with van der Waals surface area (Å²) < 4.78 is 22.2. The zero-order valence-electron chi connectivity index (χ0n) is 15.9. The Balaban J connectivity index is 1.86. The predicted octanol–water partition coefficient (Wildman–Crippen LogP) is 4.73. The third kappa shape index (κ3) is 3.99. The Kier molecular flexibility index (Phi) is 6.53. The van der Waals surface area contributed by atoms with Crippen LogP contribution in [0.5, 0.6) is 0 Å². The molecule has 1 fully saturated rings. The van der Waals surface area contributed by atoms with E-state index < -0.39 is 22.9 Å². The topological polar surface area (TPSA) is 101 Å². The van der Waals surface area contributed by atoms with Crippen LogP contribution in [0.15, 0.2) is 27.8 Å². The molecule has 4 unspecified atom stereocenters.